The quantitative estimate of drug-likeness (QED) is 0.848. The predicted molar refractivity (Wildman–Crippen MR) is 86.0 cm³/mol. The average molecular weight is 284 g/mol. The lowest BCUT2D eigenvalue weighted by Gasteiger charge is -2.19. The second-order valence-electron chi connectivity index (χ2n) is 6.08. The smallest absolute Gasteiger partial charge is 0.254 e. The third kappa shape index (κ3) is 3.65. The van der Waals surface area contributed by atoms with Crippen molar-refractivity contribution in [2.75, 3.05) is 19.6 Å². The van der Waals surface area contributed by atoms with E-state index in [2.05, 4.69) is 25.7 Å². The van der Waals surface area contributed by atoms with Gasteiger partial charge in [-0.2, -0.15) is 0 Å². The van der Waals surface area contributed by atoms with E-state index in [0.717, 1.165) is 36.2 Å². The highest BCUT2D eigenvalue weighted by molar-refractivity contribution is 5.96. The minimum atomic E-state index is 0.132. The van der Waals surface area contributed by atoms with Gasteiger partial charge in [0.25, 0.3) is 5.91 Å². The number of benzene rings is 1. The van der Waals surface area contributed by atoms with Crippen LogP contribution in [0.5, 0.6) is 0 Å². The zero-order valence-corrected chi connectivity index (χ0v) is 13.1. The van der Waals surface area contributed by atoms with Crippen LogP contribution >= 0.6 is 0 Å². The van der Waals surface area contributed by atoms with E-state index >= 15 is 0 Å². The summed E-state index contributed by atoms with van der Waals surface area (Å²) in [6, 6.07) is 5.79. The fourth-order valence-electron chi connectivity index (χ4n) is 2.77. The van der Waals surface area contributed by atoms with Gasteiger partial charge in [0.15, 0.2) is 0 Å². The van der Waals surface area contributed by atoms with Gasteiger partial charge in [-0.05, 0) is 42.9 Å². The van der Waals surface area contributed by atoms with Crippen LogP contribution in [0.4, 0.5) is 0 Å². The summed E-state index contributed by atoms with van der Waals surface area (Å²) in [5, 5.41) is 0. The normalized spacial score (nSPS) is 17.8. The summed E-state index contributed by atoms with van der Waals surface area (Å²) in [6.07, 6.45) is 1.11. The van der Waals surface area contributed by atoms with Crippen molar-refractivity contribution in [3.63, 3.8) is 0 Å². The molecule has 1 aliphatic heterocycles. The average Bonchev–Trinajstić information content (AvgIpc) is 2.95. The van der Waals surface area contributed by atoms with Crippen molar-refractivity contribution in [2.45, 2.75) is 27.2 Å². The van der Waals surface area contributed by atoms with Crippen LogP contribution in [0.15, 0.2) is 18.2 Å². The molecule has 2 N–H and O–H groups in total. The highest BCUT2D eigenvalue weighted by Gasteiger charge is 2.29. The van der Waals surface area contributed by atoms with Gasteiger partial charge in [0.2, 0.25) is 0 Å². The monoisotopic (exact) mass is 284 g/mol. The van der Waals surface area contributed by atoms with Gasteiger partial charge in [-0.15, -0.1) is 0 Å². The Balaban J connectivity index is 2.19. The Labute approximate surface area is 127 Å². The Hall–Kier alpha value is -1.79. The summed E-state index contributed by atoms with van der Waals surface area (Å²) in [4.78, 5) is 14.7. The highest BCUT2D eigenvalue weighted by atomic mass is 16.2. The second kappa shape index (κ2) is 6.78. The van der Waals surface area contributed by atoms with Gasteiger partial charge in [0.05, 0.1) is 6.54 Å². The van der Waals surface area contributed by atoms with E-state index in [-0.39, 0.29) is 5.91 Å². The molecule has 1 aromatic carbocycles. The van der Waals surface area contributed by atoms with Crippen molar-refractivity contribution in [2.24, 2.45) is 17.6 Å². The van der Waals surface area contributed by atoms with E-state index in [9.17, 15) is 4.79 Å². The fourth-order valence-corrected chi connectivity index (χ4v) is 2.77. The summed E-state index contributed by atoms with van der Waals surface area (Å²) < 4.78 is 0. The molecule has 112 valence electrons. The van der Waals surface area contributed by atoms with E-state index in [1.807, 2.05) is 30.0 Å². The van der Waals surface area contributed by atoms with Gasteiger partial charge in [0, 0.05) is 24.2 Å². The molecule has 1 amide bonds. The van der Waals surface area contributed by atoms with Gasteiger partial charge in [0.1, 0.15) is 0 Å². The Bertz CT molecular complexity index is 581. The zero-order chi connectivity index (χ0) is 15.4. The van der Waals surface area contributed by atoms with E-state index < -0.39 is 0 Å². The number of carbonyl (C=O) groups excluding carboxylic acids is 1. The minimum absolute atomic E-state index is 0.132. The molecule has 0 radical (unpaired) electrons. The fraction of sp³-hybridized carbons (Fsp3) is 0.500. The summed E-state index contributed by atoms with van der Waals surface area (Å²) in [5.74, 6) is 7.21. The molecule has 1 aromatic rings. The van der Waals surface area contributed by atoms with E-state index in [0.29, 0.717) is 18.4 Å². The molecule has 1 atom stereocenters. The largest absolute Gasteiger partial charge is 0.338 e. The lowest BCUT2D eigenvalue weighted by atomic mass is 9.95. The molecule has 3 heteroatoms. The molecule has 1 heterocycles. The Morgan fingerprint density at radius 1 is 1.48 bits per heavy atom. The van der Waals surface area contributed by atoms with Crippen LogP contribution < -0.4 is 5.73 Å². The van der Waals surface area contributed by atoms with E-state index in [1.54, 1.807) is 0 Å². The van der Waals surface area contributed by atoms with Gasteiger partial charge in [-0.1, -0.05) is 31.8 Å². The first kappa shape index (κ1) is 15.6. The van der Waals surface area contributed by atoms with Crippen molar-refractivity contribution in [3.05, 3.63) is 34.9 Å². The standard InChI is InChI=1S/C18H24N2O/c1-13(2)16-8-10-20(12-16)18(21)17-11-15(5-4-9-19)7-6-14(17)3/h6-7,11,13,16H,8-10,12,19H2,1-3H3. The number of nitrogens with zero attached hydrogens (tertiary/aromatic N) is 1. The number of nitrogens with two attached hydrogens (primary N) is 1. The van der Waals surface area contributed by atoms with E-state index in [1.165, 1.54) is 0 Å². The molecule has 0 aliphatic carbocycles. The summed E-state index contributed by atoms with van der Waals surface area (Å²) >= 11 is 0. The third-order valence-electron chi connectivity index (χ3n) is 4.26. The van der Waals surface area contributed by atoms with Crippen molar-refractivity contribution < 1.29 is 4.79 Å². The molecule has 0 saturated carbocycles. The third-order valence-corrected chi connectivity index (χ3v) is 4.26. The van der Waals surface area contributed by atoms with Crippen LogP contribution in [-0.4, -0.2) is 30.4 Å². The van der Waals surface area contributed by atoms with Crippen molar-refractivity contribution in [3.8, 4) is 11.8 Å². The topological polar surface area (TPSA) is 46.3 Å². The van der Waals surface area contributed by atoms with Crippen LogP contribution in [0.2, 0.25) is 0 Å². The van der Waals surface area contributed by atoms with Crippen molar-refractivity contribution in [1.82, 2.24) is 4.90 Å². The molecule has 1 aliphatic rings. The molecule has 0 bridgehead atoms. The number of hydrogen-bond donors (Lipinski definition) is 1. The zero-order valence-electron chi connectivity index (χ0n) is 13.1. The van der Waals surface area contributed by atoms with Gasteiger partial charge in [-0.25, -0.2) is 0 Å². The van der Waals surface area contributed by atoms with Crippen molar-refractivity contribution in [1.29, 1.82) is 0 Å². The first-order valence-corrected chi connectivity index (χ1v) is 7.61. The minimum Gasteiger partial charge on any atom is -0.338 e. The van der Waals surface area contributed by atoms with Crippen LogP contribution in [0, 0.1) is 30.6 Å². The molecular formula is C18H24N2O. The van der Waals surface area contributed by atoms with E-state index in [4.69, 9.17) is 5.73 Å². The summed E-state index contributed by atoms with van der Waals surface area (Å²) in [7, 11) is 0. The number of hydrogen-bond acceptors (Lipinski definition) is 2. The molecule has 2 rings (SSSR count). The SMILES string of the molecule is Cc1ccc(C#CCN)cc1C(=O)N1CCC(C(C)C)C1. The lowest BCUT2D eigenvalue weighted by Crippen LogP contribution is -2.30. The maximum absolute atomic E-state index is 12.7. The van der Waals surface area contributed by atoms with Gasteiger partial charge < -0.3 is 10.6 Å². The Morgan fingerprint density at radius 3 is 2.86 bits per heavy atom. The Morgan fingerprint density at radius 2 is 2.24 bits per heavy atom. The van der Waals surface area contributed by atoms with Crippen LogP contribution in [-0.2, 0) is 0 Å². The highest BCUT2D eigenvalue weighted by Crippen LogP contribution is 2.25. The molecule has 1 unspecified atom stereocenters. The molecule has 1 fully saturated rings. The van der Waals surface area contributed by atoms with Crippen LogP contribution in [0.1, 0.15) is 41.8 Å². The first-order chi connectivity index (χ1) is 10.0. The van der Waals surface area contributed by atoms with Gasteiger partial charge in [-0.3, -0.25) is 4.79 Å². The Kier molecular flexibility index (Phi) is 5.03. The predicted octanol–water partition coefficient (Wildman–Crippen LogP) is 2.42. The molecule has 0 spiro atoms. The second-order valence-corrected chi connectivity index (χ2v) is 6.08. The number of carbonyl (C=O) groups is 1. The van der Waals surface area contributed by atoms with Crippen LogP contribution in [0.25, 0.3) is 0 Å². The lowest BCUT2D eigenvalue weighted by molar-refractivity contribution is 0.0783. The molecule has 3 nitrogen and oxygen atoms in total. The molecular weight excluding hydrogens is 260 g/mol. The summed E-state index contributed by atoms with van der Waals surface area (Å²) in [5.41, 5.74) is 8.03. The molecule has 0 aromatic heterocycles. The van der Waals surface area contributed by atoms with Crippen molar-refractivity contribution >= 4 is 5.91 Å². The van der Waals surface area contributed by atoms with Crippen LogP contribution in [0.3, 0.4) is 0 Å². The molecule has 1 saturated heterocycles. The maximum atomic E-state index is 12.7. The number of likely N-dealkylation sites (tertiary alicyclic amines) is 1. The van der Waals surface area contributed by atoms with Gasteiger partial charge >= 0.3 is 0 Å². The summed E-state index contributed by atoms with van der Waals surface area (Å²) in [6.45, 7) is 8.50. The maximum Gasteiger partial charge on any atom is 0.254 e. The number of amides is 1. The number of rotatable bonds is 2. The molecule has 21 heavy (non-hydrogen) atoms. The number of aryl methyl sites for hydroxylation is 1. The first-order valence-electron chi connectivity index (χ1n) is 7.61.